The summed E-state index contributed by atoms with van der Waals surface area (Å²) in [5.41, 5.74) is 1.79. The molecule has 2 aliphatic carbocycles. The van der Waals surface area contributed by atoms with E-state index in [4.69, 9.17) is 0 Å². The lowest BCUT2D eigenvalue weighted by Crippen LogP contribution is -2.49. The van der Waals surface area contributed by atoms with E-state index >= 15 is 0 Å². The molecule has 0 aromatic carbocycles. The lowest BCUT2D eigenvalue weighted by molar-refractivity contribution is 0.0377. The fourth-order valence-corrected chi connectivity index (χ4v) is 3.66. The van der Waals surface area contributed by atoms with Crippen molar-refractivity contribution >= 4 is 0 Å². The van der Waals surface area contributed by atoms with Crippen molar-refractivity contribution in [3.8, 4) is 0 Å². The van der Waals surface area contributed by atoms with Gasteiger partial charge in [0, 0.05) is 12.6 Å². The van der Waals surface area contributed by atoms with Crippen LogP contribution in [0.3, 0.4) is 0 Å². The van der Waals surface area contributed by atoms with E-state index in [0.29, 0.717) is 0 Å². The molecule has 1 aromatic rings. The first-order valence-corrected chi connectivity index (χ1v) is 7.42. The van der Waals surface area contributed by atoms with Crippen molar-refractivity contribution < 1.29 is 0 Å². The smallest absolute Gasteiger partial charge is 0.0965 e. The highest BCUT2D eigenvalue weighted by Crippen LogP contribution is 2.51. The van der Waals surface area contributed by atoms with Crippen LogP contribution in [0.25, 0.3) is 0 Å². The van der Waals surface area contributed by atoms with Gasteiger partial charge in [-0.25, -0.2) is 0 Å². The molecule has 100 valence electrons. The van der Waals surface area contributed by atoms with Crippen molar-refractivity contribution in [3.63, 3.8) is 0 Å². The third-order valence-corrected chi connectivity index (χ3v) is 4.71. The van der Waals surface area contributed by atoms with E-state index in [9.17, 15) is 0 Å². The van der Waals surface area contributed by atoms with Crippen molar-refractivity contribution in [2.45, 2.75) is 71.0 Å². The van der Waals surface area contributed by atoms with Gasteiger partial charge in [-0.1, -0.05) is 19.3 Å². The number of rotatable bonds is 4. The average molecular weight is 248 g/mol. The van der Waals surface area contributed by atoms with Crippen LogP contribution in [0.2, 0.25) is 0 Å². The molecule has 0 amide bonds. The topological polar surface area (TPSA) is 42.7 Å². The SMILES string of the molecule is CCn1ncc(CNC2CC3(CCCCC3)C2)n1. The summed E-state index contributed by atoms with van der Waals surface area (Å²) in [6, 6.07) is 0.717. The highest BCUT2D eigenvalue weighted by molar-refractivity contribution is 5.00. The van der Waals surface area contributed by atoms with Crippen LogP contribution in [0.15, 0.2) is 6.20 Å². The predicted octanol–water partition coefficient (Wildman–Crippen LogP) is 2.50. The molecule has 0 saturated heterocycles. The molecule has 18 heavy (non-hydrogen) atoms. The van der Waals surface area contributed by atoms with Crippen molar-refractivity contribution in [1.82, 2.24) is 20.3 Å². The van der Waals surface area contributed by atoms with Gasteiger partial charge in [0.05, 0.1) is 18.4 Å². The van der Waals surface area contributed by atoms with E-state index in [0.717, 1.165) is 30.2 Å². The number of aryl methyl sites for hydroxylation is 1. The average Bonchev–Trinajstić information content (AvgIpc) is 2.83. The van der Waals surface area contributed by atoms with Gasteiger partial charge in [0.25, 0.3) is 0 Å². The maximum Gasteiger partial charge on any atom is 0.0965 e. The van der Waals surface area contributed by atoms with E-state index in [2.05, 4.69) is 22.4 Å². The van der Waals surface area contributed by atoms with E-state index in [1.807, 2.05) is 6.20 Å². The van der Waals surface area contributed by atoms with Crippen LogP contribution in [0, 0.1) is 5.41 Å². The first-order valence-electron chi connectivity index (χ1n) is 7.42. The molecule has 4 nitrogen and oxygen atoms in total. The Morgan fingerprint density at radius 2 is 2.11 bits per heavy atom. The Morgan fingerprint density at radius 3 is 2.78 bits per heavy atom. The number of hydrogen-bond donors (Lipinski definition) is 1. The Balaban J connectivity index is 1.43. The van der Waals surface area contributed by atoms with Gasteiger partial charge in [-0.05, 0) is 38.0 Å². The van der Waals surface area contributed by atoms with Crippen LogP contribution >= 0.6 is 0 Å². The van der Waals surface area contributed by atoms with Crippen LogP contribution in [0.1, 0.15) is 57.6 Å². The second-order valence-corrected chi connectivity index (χ2v) is 6.07. The molecule has 0 atom stereocenters. The molecule has 1 spiro atoms. The minimum absolute atomic E-state index is 0.717. The summed E-state index contributed by atoms with van der Waals surface area (Å²) in [6.45, 7) is 3.79. The molecule has 4 heteroatoms. The Morgan fingerprint density at radius 1 is 1.33 bits per heavy atom. The van der Waals surface area contributed by atoms with Crippen LogP contribution in [-0.2, 0) is 13.1 Å². The Labute approximate surface area is 109 Å². The Hall–Kier alpha value is -0.900. The van der Waals surface area contributed by atoms with Gasteiger partial charge < -0.3 is 5.32 Å². The first-order chi connectivity index (χ1) is 8.80. The van der Waals surface area contributed by atoms with E-state index in [1.165, 1.54) is 44.9 Å². The second-order valence-electron chi connectivity index (χ2n) is 6.07. The van der Waals surface area contributed by atoms with E-state index < -0.39 is 0 Å². The summed E-state index contributed by atoms with van der Waals surface area (Å²) >= 11 is 0. The molecule has 0 bridgehead atoms. The minimum Gasteiger partial charge on any atom is -0.308 e. The second kappa shape index (κ2) is 5.00. The van der Waals surface area contributed by atoms with Gasteiger partial charge in [-0.2, -0.15) is 15.0 Å². The third kappa shape index (κ3) is 2.44. The van der Waals surface area contributed by atoms with Crippen molar-refractivity contribution in [2.24, 2.45) is 5.41 Å². The zero-order valence-electron chi connectivity index (χ0n) is 11.4. The van der Waals surface area contributed by atoms with Gasteiger partial charge in [-0.15, -0.1) is 0 Å². The zero-order valence-corrected chi connectivity index (χ0v) is 11.4. The number of nitrogens with zero attached hydrogens (tertiary/aromatic N) is 3. The zero-order chi connectivity index (χ0) is 12.4. The third-order valence-electron chi connectivity index (χ3n) is 4.71. The lowest BCUT2D eigenvalue weighted by atomic mass is 9.58. The van der Waals surface area contributed by atoms with Crippen molar-refractivity contribution in [2.75, 3.05) is 0 Å². The largest absolute Gasteiger partial charge is 0.308 e. The van der Waals surface area contributed by atoms with Gasteiger partial charge in [-0.3, -0.25) is 0 Å². The summed E-state index contributed by atoms with van der Waals surface area (Å²) in [4.78, 5) is 1.75. The van der Waals surface area contributed by atoms with E-state index in [1.54, 1.807) is 4.80 Å². The van der Waals surface area contributed by atoms with Crippen molar-refractivity contribution in [3.05, 3.63) is 11.9 Å². The molecular formula is C14H24N4. The molecule has 0 radical (unpaired) electrons. The maximum atomic E-state index is 4.41. The molecule has 1 N–H and O–H groups in total. The van der Waals surface area contributed by atoms with Gasteiger partial charge in [0.15, 0.2) is 0 Å². The molecule has 0 aliphatic heterocycles. The molecule has 0 unspecified atom stereocenters. The number of aromatic nitrogens is 3. The van der Waals surface area contributed by atoms with Crippen molar-refractivity contribution in [1.29, 1.82) is 0 Å². The standard InChI is InChI=1S/C14H24N4/c1-2-18-16-11-13(17-18)10-15-12-8-14(9-12)6-4-3-5-7-14/h11-12,15H,2-10H2,1H3. The molecular weight excluding hydrogens is 224 g/mol. The normalized spacial score (nSPS) is 23.2. The molecule has 2 fully saturated rings. The highest BCUT2D eigenvalue weighted by Gasteiger charge is 2.43. The quantitative estimate of drug-likeness (QED) is 0.890. The predicted molar refractivity (Wildman–Crippen MR) is 71.1 cm³/mol. The van der Waals surface area contributed by atoms with Crippen LogP contribution in [-0.4, -0.2) is 21.0 Å². The van der Waals surface area contributed by atoms with Gasteiger partial charge >= 0.3 is 0 Å². The summed E-state index contributed by atoms with van der Waals surface area (Å²) in [6.07, 6.45) is 12.0. The molecule has 1 heterocycles. The summed E-state index contributed by atoms with van der Waals surface area (Å²) in [5, 5.41) is 12.2. The van der Waals surface area contributed by atoms with Crippen LogP contribution in [0.4, 0.5) is 0 Å². The minimum atomic E-state index is 0.717. The molecule has 2 aliphatic rings. The van der Waals surface area contributed by atoms with E-state index in [-0.39, 0.29) is 0 Å². The molecule has 1 aromatic heterocycles. The van der Waals surface area contributed by atoms with Crippen LogP contribution in [0.5, 0.6) is 0 Å². The fraction of sp³-hybridized carbons (Fsp3) is 0.857. The maximum absolute atomic E-state index is 4.41. The van der Waals surface area contributed by atoms with Gasteiger partial charge in [0.2, 0.25) is 0 Å². The summed E-state index contributed by atoms with van der Waals surface area (Å²) < 4.78 is 0. The fourth-order valence-electron chi connectivity index (χ4n) is 3.66. The molecule has 3 rings (SSSR count). The Kier molecular flexibility index (Phi) is 3.37. The highest BCUT2D eigenvalue weighted by atomic mass is 15.5. The lowest BCUT2D eigenvalue weighted by Gasteiger charge is -2.50. The number of nitrogens with one attached hydrogen (secondary N) is 1. The summed E-state index contributed by atoms with van der Waals surface area (Å²) in [7, 11) is 0. The van der Waals surface area contributed by atoms with Crippen LogP contribution < -0.4 is 5.32 Å². The monoisotopic (exact) mass is 248 g/mol. The Bertz CT molecular complexity index is 384. The van der Waals surface area contributed by atoms with Gasteiger partial charge in [0.1, 0.15) is 0 Å². The summed E-state index contributed by atoms with van der Waals surface area (Å²) in [5.74, 6) is 0. The number of hydrogen-bond acceptors (Lipinski definition) is 3. The first kappa shape index (κ1) is 12.2. The molecule has 2 saturated carbocycles.